The van der Waals surface area contributed by atoms with Crippen LogP contribution in [0.25, 0.3) is 10.9 Å². The zero-order valence-electron chi connectivity index (χ0n) is 9.59. The maximum atomic E-state index is 12.1. The van der Waals surface area contributed by atoms with E-state index in [-0.39, 0.29) is 12.3 Å². The Morgan fingerprint density at radius 1 is 1.44 bits per heavy atom. The summed E-state index contributed by atoms with van der Waals surface area (Å²) in [5.74, 6) is -1.32. The molecule has 1 aromatic carbocycles. The van der Waals surface area contributed by atoms with Gasteiger partial charge in [0.2, 0.25) is 0 Å². The number of hydrogen-bond acceptors (Lipinski definition) is 3. The number of benzene rings is 1. The van der Waals surface area contributed by atoms with E-state index < -0.39 is 17.0 Å². The van der Waals surface area contributed by atoms with Crippen molar-refractivity contribution in [3.8, 4) is 5.75 Å². The minimum absolute atomic E-state index is 0.236. The van der Waals surface area contributed by atoms with Crippen molar-refractivity contribution >= 4 is 16.8 Å². The highest BCUT2D eigenvalue weighted by molar-refractivity contribution is 6.01. The summed E-state index contributed by atoms with van der Waals surface area (Å²) in [7, 11) is 0. The van der Waals surface area contributed by atoms with Crippen LogP contribution in [0, 0.1) is 0 Å². The third-order valence-electron chi connectivity index (χ3n) is 2.70. The van der Waals surface area contributed by atoms with Gasteiger partial charge in [0, 0.05) is 11.9 Å². The first kappa shape index (κ1) is 11.9. The standard InChI is InChI=1S/C13H12N2O3/c1-2-7-15-9-6-4-3-5-8(9)11(16)10(12(14)17)13(15)18/h2-6,16H,1,7H2,(H2,14,17). The molecule has 92 valence electrons. The first-order valence-electron chi connectivity index (χ1n) is 5.33. The number of allylic oxidation sites excluding steroid dienone is 1. The van der Waals surface area contributed by atoms with Crippen LogP contribution in [0.2, 0.25) is 0 Å². The van der Waals surface area contributed by atoms with Gasteiger partial charge in [0.05, 0.1) is 5.52 Å². The van der Waals surface area contributed by atoms with Gasteiger partial charge < -0.3 is 15.4 Å². The molecule has 0 fully saturated rings. The summed E-state index contributed by atoms with van der Waals surface area (Å²) in [5.41, 5.74) is 4.66. The Labute approximate surface area is 103 Å². The molecule has 1 amide bonds. The normalized spacial score (nSPS) is 10.4. The average Bonchev–Trinajstić information content (AvgIpc) is 2.34. The van der Waals surface area contributed by atoms with E-state index in [1.54, 1.807) is 24.3 Å². The molecule has 1 aromatic heterocycles. The van der Waals surface area contributed by atoms with Gasteiger partial charge in [-0.1, -0.05) is 18.2 Å². The monoisotopic (exact) mass is 244 g/mol. The van der Waals surface area contributed by atoms with E-state index in [0.29, 0.717) is 10.9 Å². The van der Waals surface area contributed by atoms with Crippen molar-refractivity contribution < 1.29 is 9.90 Å². The maximum absolute atomic E-state index is 12.1. The summed E-state index contributed by atoms with van der Waals surface area (Å²) in [6.07, 6.45) is 1.54. The van der Waals surface area contributed by atoms with Crippen molar-refractivity contribution in [3.63, 3.8) is 0 Å². The third kappa shape index (κ3) is 1.66. The lowest BCUT2D eigenvalue weighted by Gasteiger charge is -2.11. The first-order valence-corrected chi connectivity index (χ1v) is 5.33. The number of rotatable bonds is 3. The van der Waals surface area contributed by atoms with Crippen LogP contribution in [-0.2, 0) is 6.54 Å². The van der Waals surface area contributed by atoms with E-state index in [9.17, 15) is 14.7 Å². The lowest BCUT2D eigenvalue weighted by molar-refractivity contribution is 0.0996. The summed E-state index contributed by atoms with van der Waals surface area (Å²) in [6, 6.07) is 6.75. The quantitative estimate of drug-likeness (QED) is 0.789. The summed E-state index contributed by atoms with van der Waals surface area (Å²) in [6.45, 7) is 3.80. The molecule has 0 bridgehead atoms. The molecular formula is C13H12N2O3. The third-order valence-corrected chi connectivity index (χ3v) is 2.70. The number of primary amides is 1. The summed E-state index contributed by atoms with van der Waals surface area (Å²) < 4.78 is 1.35. The molecule has 5 heteroatoms. The summed E-state index contributed by atoms with van der Waals surface area (Å²) >= 11 is 0. The predicted octanol–water partition coefficient (Wildman–Crippen LogP) is 0.992. The molecule has 0 saturated heterocycles. The van der Waals surface area contributed by atoms with Crippen molar-refractivity contribution in [2.24, 2.45) is 5.73 Å². The lowest BCUT2D eigenvalue weighted by Crippen LogP contribution is -2.29. The molecule has 0 spiro atoms. The number of aromatic nitrogens is 1. The Kier molecular flexibility index (Phi) is 2.89. The van der Waals surface area contributed by atoms with Crippen molar-refractivity contribution in [1.29, 1.82) is 0 Å². The van der Waals surface area contributed by atoms with E-state index in [1.807, 2.05) is 0 Å². The molecule has 3 N–H and O–H groups in total. The minimum atomic E-state index is -0.943. The number of nitrogens with zero attached hydrogens (tertiary/aromatic N) is 1. The van der Waals surface area contributed by atoms with Gasteiger partial charge in [-0.25, -0.2) is 0 Å². The minimum Gasteiger partial charge on any atom is -0.506 e. The van der Waals surface area contributed by atoms with Gasteiger partial charge in [0.1, 0.15) is 11.3 Å². The first-order chi connectivity index (χ1) is 8.57. The molecule has 0 aliphatic carbocycles. The molecule has 0 atom stereocenters. The largest absolute Gasteiger partial charge is 0.506 e. The predicted molar refractivity (Wildman–Crippen MR) is 68.6 cm³/mol. The fourth-order valence-corrected chi connectivity index (χ4v) is 1.92. The molecule has 0 radical (unpaired) electrons. The van der Waals surface area contributed by atoms with E-state index in [1.165, 1.54) is 10.6 Å². The van der Waals surface area contributed by atoms with Crippen LogP contribution in [0.5, 0.6) is 5.75 Å². The zero-order valence-corrected chi connectivity index (χ0v) is 9.59. The second-order valence-corrected chi connectivity index (χ2v) is 3.81. The van der Waals surface area contributed by atoms with E-state index in [0.717, 1.165) is 0 Å². The van der Waals surface area contributed by atoms with Gasteiger partial charge in [0.25, 0.3) is 11.5 Å². The number of fused-ring (bicyclic) bond motifs is 1. The van der Waals surface area contributed by atoms with Crippen LogP contribution in [0.4, 0.5) is 0 Å². The number of aromatic hydroxyl groups is 1. The van der Waals surface area contributed by atoms with Crippen molar-refractivity contribution in [2.75, 3.05) is 0 Å². The molecule has 2 aromatic rings. The van der Waals surface area contributed by atoms with Crippen LogP contribution in [0.3, 0.4) is 0 Å². The molecule has 0 saturated carbocycles. The second kappa shape index (κ2) is 4.37. The molecule has 18 heavy (non-hydrogen) atoms. The van der Waals surface area contributed by atoms with E-state index in [4.69, 9.17) is 5.73 Å². The number of nitrogens with two attached hydrogens (primary N) is 1. The number of carbonyl (C=O) groups excluding carboxylic acids is 1. The molecule has 0 aliphatic heterocycles. The van der Waals surface area contributed by atoms with Crippen LogP contribution < -0.4 is 11.3 Å². The highest BCUT2D eigenvalue weighted by Crippen LogP contribution is 2.25. The Morgan fingerprint density at radius 3 is 2.72 bits per heavy atom. The van der Waals surface area contributed by atoms with Crippen LogP contribution >= 0.6 is 0 Å². The van der Waals surface area contributed by atoms with Gasteiger partial charge in [-0.3, -0.25) is 9.59 Å². The Balaban J connectivity index is 3.01. The van der Waals surface area contributed by atoms with Crippen LogP contribution in [0.1, 0.15) is 10.4 Å². The number of pyridine rings is 1. The van der Waals surface area contributed by atoms with Crippen molar-refractivity contribution in [3.05, 3.63) is 52.8 Å². The average molecular weight is 244 g/mol. The maximum Gasteiger partial charge on any atom is 0.268 e. The highest BCUT2D eigenvalue weighted by Gasteiger charge is 2.19. The zero-order chi connectivity index (χ0) is 13.3. The summed E-state index contributed by atoms with van der Waals surface area (Å²) in [4.78, 5) is 23.4. The Morgan fingerprint density at radius 2 is 2.11 bits per heavy atom. The summed E-state index contributed by atoms with van der Waals surface area (Å²) in [5, 5.41) is 10.4. The molecule has 2 rings (SSSR count). The molecule has 0 aliphatic rings. The van der Waals surface area contributed by atoms with Gasteiger partial charge >= 0.3 is 0 Å². The number of para-hydroxylation sites is 1. The van der Waals surface area contributed by atoms with Gasteiger partial charge in [-0.2, -0.15) is 0 Å². The van der Waals surface area contributed by atoms with E-state index >= 15 is 0 Å². The molecule has 1 heterocycles. The van der Waals surface area contributed by atoms with Crippen molar-refractivity contribution in [1.82, 2.24) is 4.57 Å². The fraction of sp³-hybridized carbons (Fsp3) is 0.0769. The number of carbonyl (C=O) groups is 1. The SMILES string of the molecule is C=CCn1c(=O)c(C(N)=O)c(O)c2ccccc21. The smallest absolute Gasteiger partial charge is 0.268 e. The molecule has 0 unspecified atom stereocenters. The fourth-order valence-electron chi connectivity index (χ4n) is 1.92. The van der Waals surface area contributed by atoms with E-state index in [2.05, 4.69) is 6.58 Å². The lowest BCUT2D eigenvalue weighted by atomic mass is 10.1. The Bertz CT molecular complexity index is 701. The Hall–Kier alpha value is -2.56. The second-order valence-electron chi connectivity index (χ2n) is 3.81. The number of amides is 1. The van der Waals surface area contributed by atoms with Crippen molar-refractivity contribution in [2.45, 2.75) is 6.54 Å². The van der Waals surface area contributed by atoms with Gasteiger partial charge in [-0.05, 0) is 12.1 Å². The van der Waals surface area contributed by atoms with Gasteiger partial charge in [0.15, 0.2) is 0 Å². The van der Waals surface area contributed by atoms with Gasteiger partial charge in [-0.15, -0.1) is 6.58 Å². The topological polar surface area (TPSA) is 85.3 Å². The molecule has 5 nitrogen and oxygen atoms in total. The number of hydrogen-bond donors (Lipinski definition) is 2. The van der Waals surface area contributed by atoms with Crippen LogP contribution in [-0.4, -0.2) is 15.6 Å². The highest BCUT2D eigenvalue weighted by atomic mass is 16.3. The van der Waals surface area contributed by atoms with Crippen LogP contribution in [0.15, 0.2) is 41.7 Å². The molecular weight excluding hydrogens is 232 g/mol.